The van der Waals surface area contributed by atoms with Crippen LogP contribution in [0.2, 0.25) is 0 Å². The summed E-state index contributed by atoms with van der Waals surface area (Å²) in [5.41, 5.74) is 2.47. The van der Waals surface area contributed by atoms with Gasteiger partial charge >= 0.3 is 0 Å². The normalized spacial score (nSPS) is 23.9. The molecule has 0 spiro atoms. The fourth-order valence-electron chi connectivity index (χ4n) is 2.47. The van der Waals surface area contributed by atoms with E-state index in [2.05, 4.69) is 45.1 Å². The second-order valence-electron chi connectivity index (χ2n) is 5.54. The summed E-state index contributed by atoms with van der Waals surface area (Å²) >= 11 is 0. The van der Waals surface area contributed by atoms with Crippen molar-refractivity contribution in [3.63, 3.8) is 0 Å². The minimum atomic E-state index is 0.00111. The first-order valence-corrected chi connectivity index (χ1v) is 5.76. The lowest BCUT2D eigenvalue weighted by atomic mass is 9.68. The van der Waals surface area contributed by atoms with E-state index in [0.717, 1.165) is 6.29 Å². The zero-order valence-corrected chi connectivity index (χ0v) is 10.1. The molecule has 0 saturated heterocycles. The van der Waals surface area contributed by atoms with E-state index in [0.29, 0.717) is 5.92 Å². The van der Waals surface area contributed by atoms with Crippen LogP contribution in [0.4, 0.5) is 0 Å². The van der Waals surface area contributed by atoms with Crippen LogP contribution < -0.4 is 0 Å². The van der Waals surface area contributed by atoms with Gasteiger partial charge < -0.3 is 4.79 Å². The molecule has 2 atom stereocenters. The maximum absolute atomic E-state index is 11.3. The van der Waals surface area contributed by atoms with Gasteiger partial charge in [0.1, 0.15) is 6.29 Å². The second-order valence-corrected chi connectivity index (χ2v) is 5.54. The summed E-state index contributed by atoms with van der Waals surface area (Å²) in [5.74, 6) is 0.293. The molecule has 1 heteroatoms. The average Bonchev–Trinajstić information content (AvgIpc) is 2.26. The third kappa shape index (κ3) is 1.82. The van der Waals surface area contributed by atoms with Crippen molar-refractivity contribution in [2.24, 2.45) is 11.3 Å². The third-order valence-corrected chi connectivity index (χ3v) is 3.37. The molecule has 0 N–H and O–H groups in total. The summed E-state index contributed by atoms with van der Waals surface area (Å²) in [7, 11) is 0. The number of allylic oxidation sites excluding steroid dienone is 1. The van der Waals surface area contributed by atoms with Crippen molar-refractivity contribution < 1.29 is 4.79 Å². The van der Waals surface area contributed by atoms with Crippen molar-refractivity contribution in [2.45, 2.75) is 26.7 Å². The summed E-state index contributed by atoms with van der Waals surface area (Å²) in [6.07, 6.45) is 5.42. The van der Waals surface area contributed by atoms with E-state index in [1.165, 1.54) is 11.1 Å². The molecule has 1 aliphatic rings. The molecule has 84 valence electrons. The lowest BCUT2D eigenvalue weighted by Gasteiger charge is -2.35. The molecule has 1 aromatic carbocycles. The highest BCUT2D eigenvalue weighted by Crippen LogP contribution is 2.42. The molecule has 2 rings (SSSR count). The Hall–Kier alpha value is -1.37. The van der Waals surface area contributed by atoms with Gasteiger partial charge in [-0.25, -0.2) is 0 Å². The molecule has 0 radical (unpaired) electrons. The van der Waals surface area contributed by atoms with Gasteiger partial charge in [-0.3, -0.25) is 0 Å². The van der Waals surface area contributed by atoms with Crippen LogP contribution in [-0.2, 0) is 4.79 Å². The first-order valence-electron chi connectivity index (χ1n) is 5.76. The minimum Gasteiger partial charge on any atom is -0.303 e. The van der Waals surface area contributed by atoms with Crippen LogP contribution in [0.25, 0.3) is 6.08 Å². The van der Waals surface area contributed by atoms with E-state index in [-0.39, 0.29) is 11.3 Å². The Kier molecular flexibility index (Phi) is 2.71. The Morgan fingerprint density at radius 1 is 1.19 bits per heavy atom. The first kappa shape index (κ1) is 11.1. The van der Waals surface area contributed by atoms with Gasteiger partial charge in [-0.15, -0.1) is 0 Å². The molecule has 0 aliphatic heterocycles. The van der Waals surface area contributed by atoms with Crippen LogP contribution in [0, 0.1) is 11.3 Å². The quantitative estimate of drug-likeness (QED) is 0.652. The van der Waals surface area contributed by atoms with Crippen molar-refractivity contribution >= 4 is 12.4 Å². The molecule has 1 nitrogen and oxygen atoms in total. The molecular weight excluding hydrogens is 196 g/mol. The predicted molar refractivity (Wildman–Crippen MR) is 67.2 cm³/mol. The van der Waals surface area contributed by atoms with E-state index in [1.807, 2.05) is 12.1 Å². The summed E-state index contributed by atoms with van der Waals surface area (Å²) in [6.45, 7) is 6.56. The zero-order valence-electron chi connectivity index (χ0n) is 10.1. The van der Waals surface area contributed by atoms with Crippen molar-refractivity contribution in [3.8, 4) is 0 Å². The van der Waals surface area contributed by atoms with Crippen LogP contribution in [-0.4, -0.2) is 6.29 Å². The van der Waals surface area contributed by atoms with Gasteiger partial charge in [-0.05, 0) is 22.5 Å². The fourth-order valence-corrected chi connectivity index (χ4v) is 2.47. The Bertz CT molecular complexity index is 423. The van der Waals surface area contributed by atoms with Crippen molar-refractivity contribution in [1.82, 2.24) is 0 Å². The van der Waals surface area contributed by atoms with Crippen LogP contribution >= 0.6 is 0 Å². The Morgan fingerprint density at radius 3 is 2.50 bits per heavy atom. The molecule has 0 fully saturated rings. The highest BCUT2D eigenvalue weighted by molar-refractivity contribution is 5.71. The van der Waals surface area contributed by atoms with Crippen LogP contribution in [0.15, 0.2) is 30.3 Å². The SMILES string of the molecule is CC(C)(C)[C@@H]1C=Cc2ccccc2[C@H]1C=O. The molecule has 0 amide bonds. The van der Waals surface area contributed by atoms with Crippen LogP contribution in [0.5, 0.6) is 0 Å². The van der Waals surface area contributed by atoms with Gasteiger partial charge in [0.15, 0.2) is 0 Å². The molecule has 0 heterocycles. The standard InChI is InChI=1S/C15H18O/c1-15(2,3)14-9-8-11-6-4-5-7-12(11)13(14)10-16/h4-10,13-14H,1-3H3/t13-,14-/m1/s1. The van der Waals surface area contributed by atoms with Gasteiger partial charge in [0.05, 0.1) is 0 Å². The van der Waals surface area contributed by atoms with E-state index >= 15 is 0 Å². The van der Waals surface area contributed by atoms with Gasteiger partial charge in [-0.2, -0.15) is 0 Å². The molecule has 0 saturated carbocycles. The van der Waals surface area contributed by atoms with Gasteiger partial charge in [0.25, 0.3) is 0 Å². The Labute approximate surface area is 97.2 Å². The van der Waals surface area contributed by atoms with Crippen LogP contribution in [0.1, 0.15) is 37.8 Å². The monoisotopic (exact) mass is 214 g/mol. The minimum absolute atomic E-state index is 0.00111. The van der Waals surface area contributed by atoms with Gasteiger partial charge in [0, 0.05) is 5.92 Å². The average molecular weight is 214 g/mol. The smallest absolute Gasteiger partial charge is 0.128 e. The second kappa shape index (κ2) is 3.89. The molecular formula is C15H18O. The predicted octanol–water partition coefficient (Wildman–Crippen LogP) is 3.66. The van der Waals surface area contributed by atoms with E-state index < -0.39 is 0 Å². The molecule has 0 aromatic heterocycles. The number of carbonyl (C=O) groups excluding carboxylic acids is 1. The van der Waals surface area contributed by atoms with Gasteiger partial charge in [-0.1, -0.05) is 57.2 Å². The zero-order chi connectivity index (χ0) is 11.8. The number of rotatable bonds is 1. The molecule has 0 unspecified atom stereocenters. The summed E-state index contributed by atoms with van der Waals surface area (Å²) < 4.78 is 0. The maximum Gasteiger partial charge on any atom is 0.128 e. The highest BCUT2D eigenvalue weighted by atomic mass is 16.1. The highest BCUT2D eigenvalue weighted by Gasteiger charge is 2.33. The van der Waals surface area contributed by atoms with Gasteiger partial charge in [0.2, 0.25) is 0 Å². The van der Waals surface area contributed by atoms with E-state index in [9.17, 15) is 4.79 Å². The fraction of sp³-hybridized carbons (Fsp3) is 0.400. The number of hydrogen-bond acceptors (Lipinski definition) is 1. The number of aldehydes is 1. The summed E-state index contributed by atoms with van der Waals surface area (Å²) in [6, 6.07) is 8.16. The number of benzene rings is 1. The summed E-state index contributed by atoms with van der Waals surface area (Å²) in [4.78, 5) is 11.3. The molecule has 1 aromatic rings. The van der Waals surface area contributed by atoms with E-state index in [4.69, 9.17) is 0 Å². The van der Waals surface area contributed by atoms with E-state index in [1.54, 1.807) is 0 Å². The molecule has 0 bridgehead atoms. The maximum atomic E-state index is 11.3. The molecule has 16 heavy (non-hydrogen) atoms. The first-order chi connectivity index (χ1) is 7.54. The number of hydrogen-bond donors (Lipinski definition) is 0. The van der Waals surface area contributed by atoms with Crippen LogP contribution in [0.3, 0.4) is 0 Å². The number of fused-ring (bicyclic) bond motifs is 1. The van der Waals surface area contributed by atoms with Crippen molar-refractivity contribution in [3.05, 3.63) is 41.5 Å². The topological polar surface area (TPSA) is 17.1 Å². The largest absolute Gasteiger partial charge is 0.303 e. The lowest BCUT2D eigenvalue weighted by molar-refractivity contribution is -0.110. The number of carbonyl (C=O) groups is 1. The van der Waals surface area contributed by atoms with Crippen molar-refractivity contribution in [2.75, 3.05) is 0 Å². The Balaban J connectivity index is 2.48. The third-order valence-electron chi connectivity index (χ3n) is 3.37. The lowest BCUT2D eigenvalue weighted by Crippen LogP contribution is -2.28. The molecule has 1 aliphatic carbocycles. The summed E-state index contributed by atoms with van der Waals surface area (Å²) in [5, 5.41) is 0. The van der Waals surface area contributed by atoms with Crippen molar-refractivity contribution in [1.29, 1.82) is 0 Å². The Morgan fingerprint density at radius 2 is 1.88 bits per heavy atom.